The Morgan fingerprint density at radius 3 is 2.21 bits per heavy atom. The number of carbonyl (C=O) groups excluding carboxylic acids is 1. The summed E-state index contributed by atoms with van der Waals surface area (Å²) < 4.78 is 62.7. The van der Waals surface area contributed by atoms with E-state index in [0.29, 0.717) is 13.3 Å². The van der Waals surface area contributed by atoms with E-state index in [2.05, 4.69) is 0 Å². The van der Waals surface area contributed by atoms with Crippen LogP contribution in [0.4, 0.5) is 18.0 Å². The first kappa shape index (κ1) is 19.8. The molecule has 0 aromatic heterocycles. The summed E-state index contributed by atoms with van der Waals surface area (Å²) in [5.74, 6) is 0. The van der Waals surface area contributed by atoms with Crippen molar-refractivity contribution in [2.45, 2.75) is 12.1 Å². The van der Waals surface area contributed by atoms with Crippen molar-refractivity contribution in [3.05, 3.63) is 48.3 Å². The molecule has 2 rings (SSSR count). The molecule has 24 heavy (non-hydrogen) atoms. The van der Waals surface area contributed by atoms with Crippen molar-refractivity contribution in [1.29, 1.82) is 0 Å². The van der Waals surface area contributed by atoms with E-state index in [4.69, 9.17) is 17.7 Å². The molecule has 1 heterocycles. The number of halogens is 3. The molecular formula is C13H15F3N2O5S. The normalized spacial score (nSPS) is 14.2. The molecule has 0 spiro atoms. The Labute approximate surface area is 136 Å². The zero-order valence-corrected chi connectivity index (χ0v) is 13.3. The molecule has 1 aromatic carbocycles. The molecular weight excluding hydrogens is 353 g/mol. The van der Waals surface area contributed by atoms with Crippen molar-refractivity contribution in [3.8, 4) is 0 Å². The van der Waals surface area contributed by atoms with Gasteiger partial charge >= 0.3 is 21.7 Å². The van der Waals surface area contributed by atoms with E-state index in [0.717, 1.165) is 5.56 Å². The third-order valence-electron chi connectivity index (χ3n) is 2.61. The van der Waals surface area contributed by atoms with Crippen LogP contribution in [0.25, 0.3) is 0 Å². The van der Waals surface area contributed by atoms with Gasteiger partial charge in [0.05, 0.1) is 6.67 Å². The van der Waals surface area contributed by atoms with Crippen molar-refractivity contribution in [3.63, 3.8) is 0 Å². The van der Waals surface area contributed by atoms with Crippen LogP contribution < -0.4 is 0 Å². The van der Waals surface area contributed by atoms with Gasteiger partial charge in [-0.25, -0.2) is 4.79 Å². The third kappa shape index (κ3) is 6.46. The second-order valence-corrected chi connectivity index (χ2v) is 6.04. The van der Waals surface area contributed by atoms with Gasteiger partial charge in [0, 0.05) is 19.4 Å². The Bertz CT molecular complexity index is 677. The van der Waals surface area contributed by atoms with E-state index in [1.807, 2.05) is 48.5 Å². The zero-order chi connectivity index (χ0) is 18.4. The summed E-state index contributed by atoms with van der Waals surface area (Å²) in [7, 11) is -3.94. The highest BCUT2D eigenvalue weighted by atomic mass is 32.2. The summed E-state index contributed by atoms with van der Waals surface area (Å²) >= 11 is 0. The van der Waals surface area contributed by atoms with Gasteiger partial charge in [0.2, 0.25) is 0 Å². The lowest BCUT2D eigenvalue weighted by Gasteiger charge is -2.16. The van der Waals surface area contributed by atoms with E-state index in [9.17, 15) is 18.0 Å². The minimum absolute atomic E-state index is 0.313. The Morgan fingerprint density at radius 1 is 1.25 bits per heavy atom. The van der Waals surface area contributed by atoms with Gasteiger partial charge < -0.3 is 9.64 Å². The van der Waals surface area contributed by atoms with E-state index in [1.54, 1.807) is 6.20 Å². The predicted octanol–water partition coefficient (Wildman–Crippen LogP) is 2.39. The van der Waals surface area contributed by atoms with Crippen molar-refractivity contribution < 1.29 is 35.7 Å². The number of hydrogen-bond donors (Lipinski definition) is 1. The Morgan fingerprint density at radius 2 is 1.79 bits per heavy atom. The molecule has 0 unspecified atom stereocenters. The highest BCUT2D eigenvalue weighted by Crippen LogP contribution is 2.20. The van der Waals surface area contributed by atoms with E-state index in [1.165, 1.54) is 4.90 Å². The Kier molecular flexibility index (Phi) is 6.60. The molecule has 134 valence electrons. The van der Waals surface area contributed by atoms with Gasteiger partial charge in [-0.3, -0.25) is 9.45 Å². The van der Waals surface area contributed by atoms with Crippen LogP contribution in [0.15, 0.2) is 42.7 Å². The van der Waals surface area contributed by atoms with Gasteiger partial charge in [0.25, 0.3) is 0 Å². The summed E-state index contributed by atoms with van der Waals surface area (Å²) in [5.41, 5.74) is -4.54. The highest BCUT2D eigenvalue weighted by molar-refractivity contribution is 7.86. The van der Waals surface area contributed by atoms with Crippen molar-refractivity contribution in [1.82, 2.24) is 9.80 Å². The standard InChI is InChI=1S/C12H14N2O2.CHF3O3S/c1-13-7-8-14(10-13)12(15)16-9-11-5-3-2-4-6-11;2-1(3,4)8(5,6)7/h2-8H,9-10H2,1H3;(H,5,6,7). The van der Waals surface area contributed by atoms with Crippen LogP contribution in [0.3, 0.4) is 0 Å². The van der Waals surface area contributed by atoms with Crippen molar-refractivity contribution in [2.75, 3.05) is 13.7 Å². The second kappa shape index (κ2) is 8.02. The van der Waals surface area contributed by atoms with Crippen LogP contribution in [-0.4, -0.2) is 48.1 Å². The summed E-state index contributed by atoms with van der Waals surface area (Å²) in [5, 5.41) is 0. The monoisotopic (exact) mass is 368 g/mol. The number of carbonyl (C=O) groups is 1. The molecule has 0 atom stereocenters. The van der Waals surface area contributed by atoms with E-state index < -0.39 is 15.6 Å². The first-order valence-corrected chi connectivity index (χ1v) is 7.84. The minimum Gasteiger partial charge on any atom is -0.444 e. The smallest absolute Gasteiger partial charge is 0.444 e. The van der Waals surface area contributed by atoms with E-state index >= 15 is 0 Å². The summed E-state index contributed by atoms with van der Waals surface area (Å²) in [6.45, 7) is 0.862. The third-order valence-corrected chi connectivity index (χ3v) is 3.19. The van der Waals surface area contributed by atoms with Gasteiger partial charge in [0.15, 0.2) is 0 Å². The van der Waals surface area contributed by atoms with Gasteiger partial charge in [-0.15, -0.1) is 0 Å². The molecule has 1 amide bonds. The van der Waals surface area contributed by atoms with Gasteiger partial charge in [0.1, 0.15) is 6.61 Å². The van der Waals surface area contributed by atoms with Crippen molar-refractivity contribution in [2.24, 2.45) is 0 Å². The second-order valence-electron chi connectivity index (χ2n) is 4.63. The molecule has 0 saturated carbocycles. The molecule has 0 saturated heterocycles. The average molecular weight is 368 g/mol. The van der Waals surface area contributed by atoms with Crippen molar-refractivity contribution >= 4 is 16.2 Å². The molecule has 0 fully saturated rings. The number of nitrogens with zero attached hydrogens (tertiary/aromatic N) is 2. The number of benzene rings is 1. The molecule has 1 aliphatic heterocycles. The number of alkyl halides is 3. The zero-order valence-electron chi connectivity index (χ0n) is 12.5. The lowest BCUT2D eigenvalue weighted by Crippen LogP contribution is -2.29. The lowest BCUT2D eigenvalue weighted by molar-refractivity contribution is -0.0510. The van der Waals surface area contributed by atoms with Crippen LogP contribution in [0.1, 0.15) is 5.56 Å². The number of hydrogen-bond acceptors (Lipinski definition) is 5. The SMILES string of the molecule is CN1C=CN(C(=O)OCc2ccccc2)C1.O=S(=O)(O)C(F)(F)F. The van der Waals surface area contributed by atoms with Gasteiger partial charge in [-0.1, -0.05) is 30.3 Å². The molecule has 0 radical (unpaired) electrons. The maximum Gasteiger partial charge on any atom is 0.522 e. The molecule has 1 N–H and O–H groups in total. The Hall–Kier alpha value is -2.27. The van der Waals surface area contributed by atoms with Gasteiger partial charge in [-0.05, 0) is 5.56 Å². The fourth-order valence-corrected chi connectivity index (χ4v) is 1.45. The Balaban J connectivity index is 0.000000307. The molecule has 11 heteroatoms. The topological polar surface area (TPSA) is 87.2 Å². The van der Waals surface area contributed by atoms with Crippen LogP contribution in [0, 0.1) is 0 Å². The number of rotatable bonds is 2. The molecule has 1 aromatic rings. The highest BCUT2D eigenvalue weighted by Gasteiger charge is 2.44. The summed E-state index contributed by atoms with van der Waals surface area (Å²) in [4.78, 5) is 15.0. The maximum absolute atomic E-state index is 11.6. The fraction of sp³-hybridized carbons (Fsp3) is 0.308. The molecule has 1 aliphatic rings. The quantitative estimate of drug-likeness (QED) is 0.637. The van der Waals surface area contributed by atoms with Gasteiger partial charge in [-0.2, -0.15) is 21.6 Å². The predicted molar refractivity (Wildman–Crippen MR) is 77.8 cm³/mol. The molecule has 0 aliphatic carbocycles. The molecule has 0 bridgehead atoms. The summed E-state index contributed by atoms with van der Waals surface area (Å²) in [6, 6.07) is 9.64. The average Bonchev–Trinajstić information content (AvgIpc) is 2.91. The first-order chi connectivity index (χ1) is 11.0. The van der Waals surface area contributed by atoms with Crippen LogP contribution >= 0.6 is 0 Å². The first-order valence-electron chi connectivity index (χ1n) is 6.40. The molecule has 7 nitrogen and oxygen atoms in total. The lowest BCUT2D eigenvalue weighted by atomic mass is 10.2. The number of amides is 1. The van der Waals surface area contributed by atoms with Crippen LogP contribution in [0.5, 0.6) is 0 Å². The summed E-state index contributed by atoms with van der Waals surface area (Å²) in [6.07, 6.45) is 3.24. The van der Waals surface area contributed by atoms with Crippen LogP contribution in [0.2, 0.25) is 0 Å². The largest absolute Gasteiger partial charge is 0.522 e. The minimum atomic E-state index is -5.84. The van der Waals surface area contributed by atoms with Crippen LogP contribution in [-0.2, 0) is 21.5 Å². The fourth-order valence-electron chi connectivity index (χ4n) is 1.45. The maximum atomic E-state index is 11.6. The van der Waals surface area contributed by atoms with E-state index in [-0.39, 0.29) is 6.09 Å². The number of ether oxygens (including phenoxy) is 1.